The average molecular weight is 277 g/mol. The van der Waals surface area contributed by atoms with Gasteiger partial charge < -0.3 is 9.88 Å². The smallest absolute Gasteiger partial charge is 0.147 e. The molecule has 5 heteroatoms. The molecular formula is C15H27N5. The van der Waals surface area contributed by atoms with E-state index < -0.39 is 0 Å². The summed E-state index contributed by atoms with van der Waals surface area (Å²) >= 11 is 0. The van der Waals surface area contributed by atoms with Gasteiger partial charge in [-0.3, -0.25) is 4.90 Å². The summed E-state index contributed by atoms with van der Waals surface area (Å²) in [4.78, 5) is 2.62. The van der Waals surface area contributed by atoms with Gasteiger partial charge in [0.25, 0.3) is 0 Å². The Balaban J connectivity index is 1.78. The lowest BCUT2D eigenvalue weighted by Gasteiger charge is -2.49. The third kappa shape index (κ3) is 2.49. The van der Waals surface area contributed by atoms with Gasteiger partial charge in [0.05, 0.1) is 6.54 Å². The Morgan fingerprint density at radius 1 is 1.40 bits per heavy atom. The maximum Gasteiger partial charge on any atom is 0.147 e. The minimum absolute atomic E-state index is 0.379. The van der Waals surface area contributed by atoms with Gasteiger partial charge in [0.15, 0.2) is 0 Å². The molecule has 1 aromatic heterocycles. The van der Waals surface area contributed by atoms with E-state index in [9.17, 15) is 0 Å². The Hall–Kier alpha value is -0.940. The molecule has 0 amide bonds. The van der Waals surface area contributed by atoms with Crippen LogP contribution < -0.4 is 5.32 Å². The van der Waals surface area contributed by atoms with E-state index in [4.69, 9.17) is 0 Å². The van der Waals surface area contributed by atoms with Crippen LogP contribution in [0.1, 0.15) is 45.9 Å². The summed E-state index contributed by atoms with van der Waals surface area (Å²) in [6.07, 6.45) is 5.82. The molecule has 0 aromatic carbocycles. The van der Waals surface area contributed by atoms with Gasteiger partial charge in [0, 0.05) is 25.2 Å². The van der Waals surface area contributed by atoms with Crippen molar-refractivity contribution in [1.29, 1.82) is 0 Å². The lowest BCUT2D eigenvalue weighted by molar-refractivity contribution is 0.0330. The van der Waals surface area contributed by atoms with Crippen LogP contribution in [0.2, 0.25) is 0 Å². The third-order valence-electron chi connectivity index (χ3n) is 5.11. The molecule has 0 spiro atoms. The van der Waals surface area contributed by atoms with Crippen molar-refractivity contribution in [1.82, 2.24) is 25.0 Å². The first-order chi connectivity index (χ1) is 9.62. The fourth-order valence-electron chi connectivity index (χ4n) is 4.00. The van der Waals surface area contributed by atoms with E-state index in [0.717, 1.165) is 32.0 Å². The number of aromatic nitrogens is 3. The molecule has 0 radical (unpaired) electrons. The van der Waals surface area contributed by atoms with Gasteiger partial charge in [0.2, 0.25) is 0 Å². The summed E-state index contributed by atoms with van der Waals surface area (Å²) in [6, 6.07) is 1.21. The Bertz CT molecular complexity index is 453. The minimum Gasteiger partial charge on any atom is -0.315 e. The molecule has 1 aliphatic carbocycles. The van der Waals surface area contributed by atoms with Crippen molar-refractivity contribution in [2.75, 3.05) is 13.1 Å². The molecule has 0 saturated heterocycles. The first-order valence-electron chi connectivity index (χ1n) is 7.96. The largest absolute Gasteiger partial charge is 0.315 e. The van der Waals surface area contributed by atoms with Crippen LogP contribution in [0.3, 0.4) is 0 Å². The van der Waals surface area contributed by atoms with Crippen molar-refractivity contribution in [3.05, 3.63) is 12.2 Å². The highest BCUT2D eigenvalue weighted by Crippen LogP contribution is 2.38. The van der Waals surface area contributed by atoms with Crippen LogP contribution in [0.4, 0.5) is 0 Å². The lowest BCUT2D eigenvalue weighted by atomic mass is 9.70. The van der Waals surface area contributed by atoms with E-state index in [2.05, 4.69) is 45.8 Å². The summed E-state index contributed by atoms with van der Waals surface area (Å²) in [5.41, 5.74) is 0.379. The molecule has 1 N–H and O–H groups in total. The van der Waals surface area contributed by atoms with Crippen molar-refractivity contribution in [2.45, 2.75) is 65.2 Å². The lowest BCUT2D eigenvalue weighted by Crippen LogP contribution is -2.59. The molecule has 2 unspecified atom stereocenters. The molecule has 3 rings (SSSR count). The van der Waals surface area contributed by atoms with Crippen LogP contribution in [-0.4, -0.2) is 44.8 Å². The van der Waals surface area contributed by atoms with Crippen molar-refractivity contribution in [3.63, 3.8) is 0 Å². The molecule has 2 aliphatic rings. The zero-order valence-corrected chi connectivity index (χ0v) is 13.0. The van der Waals surface area contributed by atoms with Gasteiger partial charge in [0.1, 0.15) is 12.2 Å². The van der Waals surface area contributed by atoms with Crippen LogP contribution in [0, 0.1) is 5.41 Å². The molecule has 20 heavy (non-hydrogen) atoms. The van der Waals surface area contributed by atoms with Gasteiger partial charge in [-0.05, 0) is 24.8 Å². The van der Waals surface area contributed by atoms with Crippen LogP contribution in [0.25, 0.3) is 0 Å². The van der Waals surface area contributed by atoms with Gasteiger partial charge in [-0.15, -0.1) is 10.2 Å². The Morgan fingerprint density at radius 2 is 2.25 bits per heavy atom. The van der Waals surface area contributed by atoms with E-state index in [1.54, 1.807) is 0 Å². The second kappa shape index (κ2) is 5.45. The summed E-state index contributed by atoms with van der Waals surface area (Å²) in [5, 5.41) is 12.1. The first-order valence-corrected chi connectivity index (χ1v) is 7.96. The number of rotatable bonds is 3. The fourth-order valence-corrected chi connectivity index (χ4v) is 4.00. The fraction of sp³-hybridized carbons (Fsp3) is 0.867. The predicted octanol–water partition coefficient (Wildman–Crippen LogP) is 1.65. The van der Waals surface area contributed by atoms with Crippen LogP contribution in [-0.2, 0) is 13.1 Å². The monoisotopic (exact) mass is 277 g/mol. The summed E-state index contributed by atoms with van der Waals surface area (Å²) < 4.78 is 2.19. The highest BCUT2D eigenvalue weighted by molar-refractivity contribution is 5.01. The maximum atomic E-state index is 4.26. The second-order valence-electron chi connectivity index (χ2n) is 6.89. The highest BCUT2D eigenvalue weighted by Gasteiger charge is 2.41. The Labute approximate surface area is 121 Å². The molecule has 1 aromatic rings. The average Bonchev–Trinajstić information content (AvgIpc) is 2.88. The first kappa shape index (κ1) is 14.0. The highest BCUT2D eigenvalue weighted by atomic mass is 15.3. The standard InChI is InChI=1S/C15H27N5/c1-4-16-14-12(6-5-7-15(14,2)3)19-8-9-20-11-17-18-13(20)10-19/h11-12,14,16H,4-10H2,1-3H3. The van der Waals surface area contributed by atoms with Crippen LogP contribution >= 0.6 is 0 Å². The normalized spacial score (nSPS) is 30.1. The van der Waals surface area contributed by atoms with E-state index in [0.29, 0.717) is 17.5 Å². The van der Waals surface area contributed by atoms with Gasteiger partial charge in [-0.1, -0.05) is 27.2 Å². The zero-order chi connectivity index (χ0) is 14.2. The van der Waals surface area contributed by atoms with Crippen molar-refractivity contribution >= 4 is 0 Å². The third-order valence-corrected chi connectivity index (χ3v) is 5.11. The van der Waals surface area contributed by atoms with E-state index in [-0.39, 0.29) is 0 Å². The van der Waals surface area contributed by atoms with Crippen molar-refractivity contribution in [2.24, 2.45) is 5.41 Å². The van der Waals surface area contributed by atoms with E-state index in [1.807, 2.05) is 6.33 Å². The van der Waals surface area contributed by atoms with Crippen molar-refractivity contribution < 1.29 is 0 Å². The molecule has 2 heterocycles. The Kier molecular flexibility index (Phi) is 3.82. The topological polar surface area (TPSA) is 46.0 Å². The zero-order valence-electron chi connectivity index (χ0n) is 13.0. The molecule has 5 nitrogen and oxygen atoms in total. The molecule has 1 aliphatic heterocycles. The number of likely N-dealkylation sites (N-methyl/N-ethyl adjacent to an activating group) is 1. The van der Waals surface area contributed by atoms with Crippen LogP contribution in [0.15, 0.2) is 6.33 Å². The Morgan fingerprint density at radius 3 is 3.05 bits per heavy atom. The quantitative estimate of drug-likeness (QED) is 0.912. The minimum atomic E-state index is 0.379. The SMILES string of the molecule is CCNC1C(N2CCn3cnnc3C2)CCCC1(C)C. The van der Waals surface area contributed by atoms with E-state index in [1.165, 1.54) is 19.3 Å². The van der Waals surface area contributed by atoms with Crippen LogP contribution in [0.5, 0.6) is 0 Å². The second-order valence-corrected chi connectivity index (χ2v) is 6.89. The maximum absolute atomic E-state index is 4.26. The van der Waals surface area contributed by atoms with Gasteiger partial charge in [-0.2, -0.15) is 0 Å². The number of nitrogens with zero attached hydrogens (tertiary/aromatic N) is 4. The summed E-state index contributed by atoms with van der Waals surface area (Å²) in [6.45, 7) is 11.2. The number of hydrogen-bond donors (Lipinski definition) is 1. The predicted molar refractivity (Wildman–Crippen MR) is 79.3 cm³/mol. The van der Waals surface area contributed by atoms with Gasteiger partial charge in [-0.25, -0.2) is 0 Å². The number of fused-ring (bicyclic) bond motifs is 1. The molecule has 2 atom stereocenters. The van der Waals surface area contributed by atoms with Gasteiger partial charge >= 0.3 is 0 Å². The van der Waals surface area contributed by atoms with E-state index >= 15 is 0 Å². The molecule has 0 bridgehead atoms. The molecule has 1 fully saturated rings. The molecular weight excluding hydrogens is 250 g/mol. The summed E-state index contributed by atoms with van der Waals surface area (Å²) in [7, 11) is 0. The molecule has 112 valence electrons. The molecule has 1 saturated carbocycles. The summed E-state index contributed by atoms with van der Waals surface area (Å²) in [5.74, 6) is 1.12. The van der Waals surface area contributed by atoms with Crippen molar-refractivity contribution in [3.8, 4) is 0 Å². The number of hydrogen-bond acceptors (Lipinski definition) is 4. The number of nitrogens with one attached hydrogen (secondary N) is 1.